The lowest BCUT2D eigenvalue weighted by Crippen LogP contribution is -2.47. The lowest BCUT2D eigenvalue weighted by molar-refractivity contribution is -0.153. The molecule has 4 heteroatoms. The second-order valence-electron chi connectivity index (χ2n) is 5.23. The molecule has 1 saturated carbocycles. The summed E-state index contributed by atoms with van der Waals surface area (Å²) >= 11 is 3.46. The van der Waals surface area contributed by atoms with Crippen molar-refractivity contribution in [2.45, 2.75) is 26.2 Å². The molecule has 0 heterocycles. The molecule has 0 radical (unpaired) electrons. The van der Waals surface area contributed by atoms with Gasteiger partial charge in [0.15, 0.2) is 0 Å². The topological polar surface area (TPSA) is 40.5 Å². The van der Waals surface area contributed by atoms with Crippen LogP contribution in [0.5, 0.6) is 0 Å². The van der Waals surface area contributed by atoms with Gasteiger partial charge in [-0.3, -0.25) is 4.79 Å². The van der Waals surface area contributed by atoms with Gasteiger partial charge in [0.05, 0.1) is 5.41 Å². The summed E-state index contributed by atoms with van der Waals surface area (Å²) in [5.74, 6) is -0.659. The number of carbonyl (C=O) groups is 1. The van der Waals surface area contributed by atoms with Gasteiger partial charge >= 0.3 is 5.97 Å². The van der Waals surface area contributed by atoms with Crippen LogP contribution in [0.3, 0.4) is 0 Å². The van der Waals surface area contributed by atoms with Gasteiger partial charge in [0.1, 0.15) is 0 Å². The number of benzene rings is 1. The van der Waals surface area contributed by atoms with E-state index >= 15 is 0 Å². The summed E-state index contributed by atoms with van der Waals surface area (Å²) in [4.78, 5) is 13.4. The highest BCUT2D eigenvalue weighted by Gasteiger charge is 2.45. The zero-order chi connectivity index (χ0) is 13.3. The van der Waals surface area contributed by atoms with E-state index in [1.165, 1.54) is 5.56 Å². The van der Waals surface area contributed by atoms with Gasteiger partial charge < -0.3 is 10.0 Å². The molecule has 0 saturated heterocycles. The molecule has 2 rings (SSSR count). The summed E-state index contributed by atoms with van der Waals surface area (Å²) in [7, 11) is 1.97. The largest absolute Gasteiger partial charge is 0.481 e. The fourth-order valence-electron chi connectivity index (χ4n) is 2.58. The highest BCUT2D eigenvalue weighted by Crippen LogP contribution is 2.42. The van der Waals surface area contributed by atoms with Crippen molar-refractivity contribution in [3.63, 3.8) is 0 Å². The molecule has 1 aliphatic rings. The third kappa shape index (κ3) is 2.39. The quantitative estimate of drug-likeness (QED) is 0.926. The summed E-state index contributed by atoms with van der Waals surface area (Å²) in [5, 5.41) is 9.37. The number of hydrogen-bond donors (Lipinski definition) is 1. The summed E-state index contributed by atoms with van der Waals surface area (Å²) < 4.78 is 1.02. The minimum absolute atomic E-state index is 0.538. The van der Waals surface area contributed by atoms with E-state index < -0.39 is 11.4 Å². The molecule has 0 aliphatic heterocycles. The zero-order valence-electron chi connectivity index (χ0n) is 10.7. The summed E-state index contributed by atoms with van der Waals surface area (Å²) in [5.41, 5.74) is 1.72. The van der Waals surface area contributed by atoms with Crippen LogP contribution in [-0.4, -0.2) is 24.7 Å². The Hall–Kier alpha value is -1.03. The van der Waals surface area contributed by atoms with Crippen molar-refractivity contribution >= 4 is 27.6 Å². The fraction of sp³-hybridized carbons (Fsp3) is 0.500. The van der Waals surface area contributed by atoms with Crippen LogP contribution in [0.25, 0.3) is 0 Å². The van der Waals surface area contributed by atoms with E-state index in [9.17, 15) is 9.90 Å². The van der Waals surface area contributed by atoms with Crippen LogP contribution in [0.15, 0.2) is 22.7 Å². The average molecular weight is 312 g/mol. The number of nitrogens with zero attached hydrogens (tertiary/aromatic N) is 1. The van der Waals surface area contributed by atoms with Gasteiger partial charge in [-0.1, -0.05) is 28.4 Å². The smallest absolute Gasteiger partial charge is 0.311 e. The third-order valence-electron chi connectivity index (χ3n) is 3.89. The van der Waals surface area contributed by atoms with Crippen LogP contribution < -0.4 is 4.90 Å². The molecule has 1 N–H and O–H groups in total. The highest BCUT2D eigenvalue weighted by molar-refractivity contribution is 9.10. The Bertz CT molecular complexity index is 469. The first-order valence-corrected chi connectivity index (χ1v) is 6.95. The van der Waals surface area contributed by atoms with Crippen molar-refractivity contribution in [1.82, 2.24) is 0 Å². The number of aryl methyl sites for hydroxylation is 1. The van der Waals surface area contributed by atoms with E-state index in [-0.39, 0.29) is 0 Å². The van der Waals surface area contributed by atoms with Crippen LogP contribution in [0.2, 0.25) is 0 Å². The third-order valence-corrected chi connectivity index (χ3v) is 4.38. The van der Waals surface area contributed by atoms with Gasteiger partial charge in [0, 0.05) is 23.8 Å². The standard InChI is InChI=1S/C14H18BrNO2/c1-10-4-5-11(15)8-12(10)16(2)9-14(13(17)18)6-3-7-14/h4-5,8H,3,6-7,9H2,1-2H3,(H,17,18). The molecule has 1 aromatic carbocycles. The minimum atomic E-state index is -0.659. The molecular weight excluding hydrogens is 294 g/mol. The monoisotopic (exact) mass is 311 g/mol. The molecule has 0 unspecified atom stereocenters. The number of rotatable bonds is 4. The van der Waals surface area contributed by atoms with Crippen LogP contribution in [0.4, 0.5) is 5.69 Å². The summed E-state index contributed by atoms with van der Waals surface area (Å²) in [6.07, 6.45) is 2.61. The normalized spacial score (nSPS) is 17.1. The molecular formula is C14H18BrNO2. The van der Waals surface area contributed by atoms with Gasteiger partial charge in [0.25, 0.3) is 0 Å². The summed E-state index contributed by atoms with van der Waals surface area (Å²) in [6, 6.07) is 6.09. The second kappa shape index (κ2) is 4.92. The van der Waals surface area contributed by atoms with Crippen LogP contribution >= 0.6 is 15.9 Å². The van der Waals surface area contributed by atoms with Crippen molar-refractivity contribution < 1.29 is 9.90 Å². The molecule has 18 heavy (non-hydrogen) atoms. The second-order valence-corrected chi connectivity index (χ2v) is 6.14. The Balaban J connectivity index is 2.19. The molecule has 0 aromatic heterocycles. The Kier molecular flexibility index (Phi) is 3.66. The van der Waals surface area contributed by atoms with Crippen molar-refractivity contribution in [2.24, 2.45) is 5.41 Å². The van der Waals surface area contributed by atoms with E-state index in [1.54, 1.807) is 0 Å². The number of hydrogen-bond acceptors (Lipinski definition) is 2. The molecule has 3 nitrogen and oxygen atoms in total. The first-order chi connectivity index (χ1) is 8.44. The lowest BCUT2D eigenvalue weighted by Gasteiger charge is -2.41. The number of anilines is 1. The minimum Gasteiger partial charge on any atom is -0.481 e. The number of carboxylic acids is 1. The molecule has 0 amide bonds. The number of aliphatic carboxylic acids is 1. The Labute approximate surface area is 116 Å². The first-order valence-electron chi connectivity index (χ1n) is 6.15. The van der Waals surface area contributed by atoms with Crippen LogP contribution in [0, 0.1) is 12.3 Å². The molecule has 0 spiro atoms. The lowest BCUT2D eigenvalue weighted by atomic mass is 9.68. The van der Waals surface area contributed by atoms with Crippen LogP contribution in [-0.2, 0) is 4.79 Å². The SMILES string of the molecule is Cc1ccc(Br)cc1N(C)CC1(C(=O)O)CCC1. The van der Waals surface area contributed by atoms with Crippen molar-refractivity contribution in [3.8, 4) is 0 Å². The molecule has 1 aromatic rings. The Morgan fingerprint density at radius 3 is 2.67 bits per heavy atom. The summed E-state index contributed by atoms with van der Waals surface area (Å²) in [6.45, 7) is 2.63. The van der Waals surface area contributed by atoms with Gasteiger partial charge in [-0.05, 0) is 37.5 Å². The maximum Gasteiger partial charge on any atom is 0.311 e. The van der Waals surface area contributed by atoms with Crippen LogP contribution in [0.1, 0.15) is 24.8 Å². The van der Waals surface area contributed by atoms with E-state index in [2.05, 4.69) is 20.8 Å². The molecule has 0 bridgehead atoms. The first kappa shape index (κ1) is 13.4. The van der Waals surface area contributed by atoms with Gasteiger partial charge in [-0.2, -0.15) is 0 Å². The Morgan fingerprint density at radius 2 is 2.17 bits per heavy atom. The van der Waals surface area contributed by atoms with E-state index in [0.717, 1.165) is 29.4 Å². The van der Waals surface area contributed by atoms with Gasteiger partial charge in [-0.25, -0.2) is 0 Å². The van der Waals surface area contributed by atoms with E-state index in [0.29, 0.717) is 6.54 Å². The highest BCUT2D eigenvalue weighted by atomic mass is 79.9. The van der Waals surface area contributed by atoms with E-state index in [4.69, 9.17) is 0 Å². The molecule has 98 valence electrons. The van der Waals surface area contributed by atoms with Crippen molar-refractivity contribution in [1.29, 1.82) is 0 Å². The van der Waals surface area contributed by atoms with Crippen molar-refractivity contribution in [2.75, 3.05) is 18.5 Å². The van der Waals surface area contributed by atoms with Gasteiger partial charge in [0.2, 0.25) is 0 Å². The predicted octanol–water partition coefficient (Wildman–Crippen LogP) is 3.45. The predicted molar refractivity (Wildman–Crippen MR) is 76.1 cm³/mol. The maximum absolute atomic E-state index is 11.4. The number of carboxylic acid groups (broad SMARTS) is 1. The van der Waals surface area contributed by atoms with Crippen molar-refractivity contribution in [3.05, 3.63) is 28.2 Å². The van der Waals surface area contributed by atoms with Gasteiger partial charge in [-0.15, -0.1) is 0 Å². The molecule has 0 atom stereocenters. The average Bonchev–Trinajstić information content (AvgIpc) is 2.26. The fourth-order valence-corrected chi connectivity index (χ4v) is 2.93. The molecule has 1 fully saturated rings. The zero-order valence-corrected chi connectivity index (χ0v) is 12.3. The maximum atomic E-state index is 11.4. The Morgan fingerprint density at radius 1 is 1.50 bits per heavy atom. The van der Waals surface area contributed by atoms with E-state index in [1.807, 2.05) is 32.2 Å². The number of halogens is 1. The molecule has 1 aliphatic carbocycles.